The van der Waals surface area contributed by atoms with Crippen LogP contribution in [0.4, 0.5) is 9.59 Å². The molecule has 35 heavy (non-hydrogen) atoms. The van der Waals surface area contributed by atoms with E-state index >= 15 is 0 Å². The number of aliphatic carboxylic acids is 1. The first-order valence-corrected chi connectivity index (χ1v) is 11.4. The van der Waals surface area contributed by atoms with Crippen LogP contribution in [-0.4, -0.2) is 54.2 Å². The molecule has 0 amide bonds. The van der Waals surface area contributed by atoms with Crippen molar-refractivity contribution in [2.24, 2.45) is 11.7 Å². The molecular weight excluding hydrogens is 462 g/mol. The molecule has 1 unspecified atom stereocenters. The van der Waals surface area contributed by atoms with Gasteiger partial charge in [0.1, 0.15) is 11.6 Å². The van der Waals surface area contributed by atoms with E-state index in [4.69, 9.17) is 29.4 Å². The third-order valence-electron chi connectivity index (χ3n) is 4.77. The van der Waals surface area contributed by atoms with E-state index in [-0.39, 0.29) is 44.0 Å². The summed E-state index contributed by atoms with van der Waals surface area (Å²) in [5.41, 5.74) is 4.76. The molecule has 1 rings (SSSR count). The highest BCUT2D eigenvalue weighted by Gasteiger charge is 2.37. The summed E-state index contributed by atoms with van der Waals surface area (Å²) in [4.78, 5) is 47.6. The topological polar surface area (TPSA) is 161 Å². The largest absolute Gasteiger partial charge is 0.513 e. The number of benzene rings is 1. The van der Waals surface area contributed by atoms with Crippen molar-refractivity contribution in [3.8, 4) is 11.5 Å². The van der Waals surface area contributed by atoms with E-state index in [1.807, 2.05) is 13.8 Å². The lowest BCUT2D eigenvalue weighted by atomic mass is 9.86. The molecule has 0 aromatic heterocycles. The number of carboxylic acids is 1. The molecule has 0 fully saturated rings. The Bertz CT molecular complexity index is 885. The molecule has 3 N–H and O–H groups in total. The van der Waals surface area contributed by atoms with Gasteiger partial charge in [-0.05, 0) is 50.8 Å². The van der Waals surface area contributed by atoms with Crippen LogP contribution in [0.2, 0.25) is 0 Å². The maximum Gasteiger partial charge on any atom is 0.513 e. The van der Waals surface area contributed by atoms with Crippen LogP contribution >= 0.6 is 0 Å². The van der Waals surface area contributed by atoms with E-state index in [2.05, 4.69) is 0 Å². The van der Waals surface area contributed by atoms with Crippen LogP contribution in [0, 0.1) is 5.92 Å². The Kier molecular flexibility index (Phi) is 12.0. The molecule has 0 spiro atoms. The Morgan fingerprint density at radius 1 is 0.971 bits per heavy atom. The second-order valence-electron chi connectivity index (χ2n) is 8.43. The maximum atomic E-state index is 12.0. The van der Waals surface area contributed by atoms with Gasteiger partial charge in [-0.3, -0.25) is 9.59 Å². The standard InChI is InChI=1S/C24H35NO10/c1-6-31-22(29)34-18-10-9-17(12-19(18)35-23(30)32-7-2)14-24(25,21(27)28)13-16(5)33-20(26)11-8-15(3)4/h9-10,12,15-16H,6-8,11,13-14,25H2,1-5H3,(H,27,28)/t16-,24?/m0/s1. The first-order chi connectivity index (χ1) is 16.4. The molecule has 0 bridgehead atoms. The molecule has 0 radical (unpaired) electrons. The minimum Gasteiger partial charge on any atom is -0.480 e. The normalized spacial score (nSPS) is 13.3. The number of rotatable bonds is 13. The van der Waals surface area contributed by atoms with Crippen molar-refractivity contribution in [3.63, 3.8) is 0 Å². The van der Waals surface area contributed by atoms with Crippen molar-refractivity contribution >= 4 is 24.2 Å². The Hall–Kier alpha value is -3.34. The lowest BCUT2D eigenvalue weighted by Gasteiger charge is -2.28. The van der Waals surface area contributed by atoms with Crippen LogP contribution < -0.4 is 15.2 Å². The smallest absolute Gasteiger partial charge is 0.480 e. The third-order valence-corrected chi connectivity index (χ3v) is 4.77. The van der Waals surface area contributed by atoms with Gasteiger partial charge < -0.3 is 34.5 Å². The van der Waals surface area contributed by atoms with Crippen LogP contribution in [0.1, 0.15) is 59.4 Å². The van der Waals surface area contributed by atoms with Gasteiger partial charge in [-0.15, -0.1) is 0 Å². The molecule has 0 aliphatic heterocycles. The Morgan fingerprint density at radius 2 is 1.54 bits per heavy atom. The molecular formula is C24H35NO10. The number of ether oxygens (including phenoxy) is 5. The summed E-state index contributed by atoms with van der Waals surface area (Å²) in [5, 5.41) is 9.81. The average Bonchev–Trinajstić information content (AvgIpc) is 2.74. The van der Waals surface area contributed by atoms with Crippen molar-refractivity contribution in [1.29, 1.82) is 0 Å². The number of nitrogens with two attached hydrogens (primary N) is 1. The molecule has 0 saturated heterocycles. The van der Waals surface area contributed by atoms with Crippen LogP contribution in [0.3, 0.4) is 0 Å². The zero-order valence-corrected chi connectivity index (χ0v) is 20.8. The van der Waals surface area contributed by atoms with Gasteiger partial charge in [0, 0.05) is 19.3 Å². The number of carbonyl (C=O) groups excluding carboxylic acids is 3. The first kappa shape index (κ1) is 29.7. The summed E-state index contributed by atoms with van der Waals surface area (Å²) in [5.74, 6) is -1.72. The van der Waals surface area contributed by atoms with Gasteiger partial charge in [0.2, 0.25) is 0 Å². The molecule has 11 heteroatoms. The number of carboxylic acid groups (broad SMARTS) is 1. The van der Waals surface area contributed by atoms with E-state index in [1.165, 1.54) is 18.2 Å². The van der Waals surface area contributed by atoms with Crippen LogP contribution in [-0.2, 0) is 30.2 Å². The maximum absolute atomic E-state index is 12.0. The lowest BCUT2D eigenvalue weighted by molar-refractivity contribution is -0.153. The Balaban J connectivity index is 3.08. The van der Waals surface area contributed by atoms with Gasteiger partial charge in [0.05, 0.1) is 13.2 Å². The first-order valence-electron chi connectivity index (χ1n) is 11.4. The number of hydrogen-bond donors (Lipinski definition) is 2. The zero-order valence-electron chi connectivity index (χ0n) is 20.8. The van der Waals surface area contributed by atoms with Crippen molar-refractivity contribution in [2.75, 3.05) is 13.2 Å². The number of carbonyl (C=O) groups is 4. The zero-order chi connectivity index (χ0) is 26.6. The fourth-order valence-electron chi connectivity index (χ4n) is 3.14. The molecule has 11 nitrogen and oxygen atoms in total. The monoisotopic (exact) mass is 497 g/mol. The number of esters is 1. The molecule has 0 saturated carbocycles. The van der Waals surface area contributed by atoms with Crippen molar-refractivity contribution < 1.29 is 48.0 Å². The molecule has 0 aliphatic carbocycles. The highest BCUT2D eigenvalue weighted by atomic mass is 16.7. The fraction of sp³-hybridized carbons (Fsp3) is 0.583. The van der Waals surface area contributed by atoms with Gasteiger partial charge in [0.25, 0.3) is 0 Å². The van der Waals surface area contributed by atoms with E-state index in [0.29, 0.717) is 17.9 Å². The summed E-state index contributed by atoms with van der Waals surface area (Å²) in [7, 11) is 0. The molecule has 196 valence electrons. The van der Waals surface area contributed by atoms with Crippen molar-refractivity contribution in [3.05, 3.63) is 23.8 Å². The Morgan fingerprint density at radius 3 is 2.06 bits per heavy atom. The summed E-state index contributed by atoms with van der Waals surface area (Å²) < 4.78 is 25.0. The molecule has 0 aliphatic rings. The SMILES string of the molecule is CCOC(=O)Oc1ccc(CC(N)(C[C@H](C)OC(=O)CCC(C)C)C(=O)O)cc1OC(=O)OCC. The van der Waals surface area contributed by atoms with Crippen LogP contribution in [0.25, 0.3) is 0 Å². The average molecular weight is 498 g/mol. The highest BCUT2D eigenvalue weighted by Crippen LogP contribution is 2.31. The van der Waals surface area contributed by atoms with Gasteiger partial charge >= 0.3 is 24.2 Å². The van der Waals surface area contributed by atoms with E-state index in [1.54, 1.807) is 20.8 Å². The predicted octanol–water partition coefficient (Wildman–Crippen LogP) is 3.84. The predicted molar refractivity (Wildman–Crippen MR) is 124 cm³/mol. The lowest BCUT2D eigenvalue weighted by Crippen LogP contribution is -2.52. The minimum atomic E-state index is -1.80. The second-order valence-corrected chi connectivity index (χ2v) is 8.43. The molecule has 1 aromatic rings. The van der Waals surface area contributed by atoms with Gasteiger partial charge in [-0.25, -0.2) is 9.59 Å². The van der Waals surface area contributed by atoms with Gasteiger partial charge in [-0.1, -0.05) is 19.9 Å². The summed E-state index contributed by atoms with van der Waals surface area (Å²) >= 11 is 0. The van der Waals surface area contributed by atoms with E-state index < -0.39 is 35.9 Å². The number of hydrogen-bond acceptors (Lipinski definition) is 10. The molecule has 0 heterocycles. The third kappa shape index (κ3) is 10.6. The highest BCUT2D eigenvalue weighted by molar-refractivity contribution is 5.79. The summed E-state index contributed by atoms with van der Waals surface area (Å²) in [6, 6.07) is 4.10. The molecule has 1 aromatic carbocycles. The minimum absolute atomic E-state index is 0.0469. The van der Waals surface area contributed by atoms with Crippen LogP contribution in [0.5, 0.6) is 11.5 Å². The molecule has 2 atom stereocenters. The fourth-order valence-corrected chi connectivity index (χ4v) is 3.14. The summed E-state index contributed by atoms with van der Waals surface area (Å²) in [6.45, 7) is 8.83. The van der Waals surface area contributed by atoms with E-state index in [9.17, 15) is 24.3 Å². The van der Waals surface area contributed by atoms with E-state index in [0.717, 1.165) is 0 Å². The quantitative estimate of drug-likeness (QED) is 0.231. The summed E-state index contributed by atoms with van der Waals surface area (Å²) in [6.07, 6.45) is -2.29. The van der Waals surface area contributed by atoms with Gasteiger partial charge in [-0.2, -0.15) is 0 Å². The second kappa shape index (κ2) is 14.1. The Labute approximate surface area is 204 Å². The van der Waals surface area contributed by atoms with Gasteiger partial charge in [0.15, 0.2) is 11.5 Å². The van der Waals surface area contributed by atoms with Crippen molar-refractivity contribution in [2.45, 2.75) is 71.9 Å². The van der Waals surface area contributed by atoms with Crippen LogP contribution in [0.15, 0.2) is 18.2 Å². The van der Waals surface area contributed by atoms with Crippen molar-refractivity contribution in [1.82, 2.24) is 0 Å².